The first-order valence-electron chi connectivity index (χ1n) is 10.6. The summed E-state index contributed by atoms with van der Waals surface area (Å²) >= 11 is 0. The molecule has 1 aliphatic heterocycles. The average Bonchev–Trinajstić information content (AvgIpc) is 3.20. The lowest BCUT2D eigenvalue weighted by molar-refractivity contribution is 0.208. The minimum absolute atomic E-state index is 0.151. The number of piperazine rings is 1. The van der Waals surface area contributed by atoms with Gasteiger partial charge in [0.2, 0.25) is 0 Å². The molecule has 0 saturated carbocycles. The van der Waals surface area contributed by atoms with Gasteiger partial charge in [-0.2, -0.15) is 5.10 Å². The Morgan fingerprint density at radius 1 is 1.09 bits per heavy atom. The Bertz CT molecular complexity index is 1370. The van der Waals surface area contributed by atoms with E-state index in [4.69, 9.17) is 0 Å². The molecule has 0 unspecified atom stereocenters. The standard InChI is InChI=1S/C22H23N9O2/c1-14-26-18(11-19(32)27-14)15-3-5-16(6-4-15)28-22(33)31-9-7-30(8-10-31)21-17-12-25-29(2)20(17)23-13-24-21/h3-6,11-13H,7-10H2,1-2H3,(H,28,33)(H,26,27,32). The van der Waals surface area contributed by atoms with E-state index in [0.717, 1.165) is 22.4 Å². The third kappa shape index (κ3) is 4.12. The molecular formula is C22H23N9O2. The van der Waals surface area contributed by atoms with Crippen LogP contribution in [0.5, 0.6) is 0 Å². The van der Waals surface area contributed by atoms with Crippen molar-refractivity contribution in [3.63, 3.8) is 0 Å². The Labute approximate surface area is 189 Å². The van der Waals surface area contributed by atoms with Crippen molar-refractivity contribution in [3.8, 4) is 11.3 Å². The Balaban J connectivity index is 1.22. The second-order valence-corrected chi connectivity index (χ2v) is 7.90. The van der Waals surface area contributed by atoms with Crippen molar-refractivity contribution in [2.45, 2.75) is 6.92 Å². The molecule has 4 heterocycles. The highest BCUT2D eigenvalue weighted by atomic mass is 16.2. The highest BCUT2D eigenvalue weighted by Crippen LogP contribution is 2.24. The van der Waals surface area contributed by atoms with Crippen LogP contribution in [0.1, 0.15) is 5.82 Å². The average molecular weight is 445 g/mol. The van der Waals surface area contributed by atoms with E-state index in [2.05, 4.69) is 35.3 Å². The molecule has 1 fully saturated rings. The molecule has 2 N–H and O–H groups in total. The van der Waals surface area contributed by atoms with E-state index in [0.29, 0.717) is 43.4 Å². The van der Waals surface area contributed by atoms with Gasteiger partial charge in [-0.05, 0) is 19.1 Å². The molecule has 11 nitrogen and oxygen atoms in total. The van der Waals surface area contributed by atoms with Gasteiger partial charge in [-0.25, -0.2) is 19.7 Å². The predicted molar refractivity (Wildman–Crippen MR) is 124 cm³/mol. The Hall–Kier alpha value is -4.28. The summed E-state index contributed by atoms with van der Waals surface area (Å²) < 4.78 is 1.72. The molecule has 33 heavy (non-hydrogen) atoms. The maximum atomic E-state index is 12.8. The van der Waals surface area contributed by atoms with Crippen LogP contribution in [-0.4, -0.2) is 66.8 Å². The zero-order valence-electron chi connectivity index (χ0n) is 18.3. The number of rotatable bonds is 3. The fourth-order valence-electron chi connectivity index (χ4n) is 3.98. The first-order chi connectivity index (χ1) is 16.0. The van der Waals surface area contributed by atoms with Gasteiger partial charge in [0.25, 0.3) is 5.56 Å². The van der Waals surface area contributed by atoms with Crippen LogP contribution in [0.2, 0.25) is 0 Å². The minimum Gasteiger partial charge on any atom is -0.352 e. The van der Waals surface area contributed by atoms with Gasteiger partial charge < -0.3 is 20.1 Å². The molecule has 3 aromatic heterocycles. The van der Waals surface area contributed by atoms with Crippen molar-refractivity contribution in [1.82, 2.24) is 34.6 Å². The number of amides is 2. The van der Waals surface area contributed by atoms with Crippen molar-refractivity contribution < 1.29 is 4.79 Å². The number of carbonyl (C=O) groups is 1. The van der Waals surface area contributed by atoms with Crippen molar-refractivity contribution in [3.05, 3.63) is 59.0 Å². The summed E-state index contributed by atoms with van der Waals surface area (Å²) in [4.78, 5) is 44.1. The molecular weight excluding hydrogens is 422 g/mol. The largest absolute Gasteiger partial charge is 0.352 e. The number of urea groups is 1. The van der Waals surface area contributed by atoms with Crippen molar-refractivity contribution in [2.24, 2.45) is 7.05 Å². The number of fused-ring (bicyclic) bond motifs is 1. The smallest absolute Gasteiger partial charge is 0.321 e. The van der Waals surface area contributed by atoms with Gasteiger partial charge in [0.15, 0.2) is 5.65 Å². The minimum atomic E-state index is -0.194. The summed E-state index contributed by atoms with van der Waals surface area (Å²) in [5.74, 6) is 1.40. The van der Waals surface area contributed by atoms with Crippen LogP contribution in [0.3, 0.4) is 0 Å². The van der Waals surface area contributed by atoms with Crippen molar-refractivity contribution >= 4 is 28.6 Å². The zero-order chi connectivity index (χ0) is 22.9. The molecule has 0 bridgehead atoms. The maximum absolute atomic E-state index is 12.8. The monoisotopic (exact) mass is 445 g/mol. The van der Waals surface area contributed by atoms with Gasteiger partial charge in [0, 0.05) is 50.5 Å². The summed E-state index contributed by atoms with van der Waals surface area (Å²) in [5.41, 5.74) is 2.68. The second-order valence-electron chi connectivity index (χ2n) is 7.90. The van der Waals surface area contributed by atoms with E-state index in [9.17, 15) is 9.59 Å². The van der Waals surface area contributed by atoms with E-state index in [1.54, 1.807) is 29.0 Å². The number of hydrogen-bond donors (Lipinski definition) is 2. The van der Waals surface area contributed by atoms with Gasteiger partial charge in [-0.3, -0.25) is 9.48 Å². The third-order valence-electron chi connectivity index (χ3n) is 5.67. The summed E-state index contributed by atoms with van der Waals surface area (Å²) in [6.07, 6.45) is 3.32. The molecule has 0 aliphatic carbocycles. The summed E-state index contributed by atoms with van der Waals surface area (Å²) in [6, 6.07) is 8.59. The molecule has 4 aromatic rings. The van der Waals surface area contributed by atoms with Gasteiger partial charge in [-0.15, -0.1) is 0 Å². The number of aromatic nitrogens is 6. The molecule has 2 amide bonds. The van der Waals surface area contributed by atoms with Crippen LogP contribution in [0.4, 0.5) is 16.3 Å². The van der Waals surface area contributed by atoms with Gasteiger partial charge in [0.05, 0.1) is 17.3 Å². The lowest BCUT2D eigenvalue weighted by Crippen LogP contribution is -2.50. The third-order valence-corrected chi connectivity index (χ3v) is 5.67. The first kappa shape index (κ1) is 20.6. The van der Waals surface area contributed by atoms with Crippen LogP contribution in [0.15, 0.2) is 47.7 Å². The van der Waals surface area contributed by atoms with Crippen LogP contribution in [-0.2, 0) is 7.05 Å². The number of hydrogen-bond acceptors (Lipinski definition) is 7. The Morgan fingerprint density at radius 3 is 2.58 bits per heavy atom. The lowest BCUT2D eigenvalue weighted by atomic mass is 10.1. The molecule has 0 radical (unpaired) electrons. The molecule has 168 valence electrons. The first-order valence-corrected chi connectivity index (χ1v) is 10.6. The van der Waals surface area contributed by atoms with E-state index >= 15 is 0 Å². The maximum Gasteiger partial charge on any atom is 0.321 e. The van der Waals surface area contributed by atoms with E-state index in [1.165, 1.54) is 6.07 Å². The van der Waals surface area contributed by atoms with Crippen molar-refractivity contribution in [1.29, 1.82) is 0 Å². The highest BCUT2D eigenvalue weighted by Gasteiger charge is 2.24. The van der Waals surface area contributed by atoms with Crippen LogP contribution in [0, 0.1) is 6.92 Å². The van der Waals surface area contributed by atoms with E-state index < -0.39 is 0 Å². The number of carbonyl (C=O) groups excluding carboxylic acids is 1. The Kier molecular flexibility index (Phi) is 5.21. The summed E-state index contributed by atoms with van der Waals surface area (Å²) in [7, 11) is 1.85. The molecule has 1 aliphatic rings. The number of benzene rings is 1. The van der Waals surface area contributed by atoms with Crippen LogP contribution >= 0.6 is 0 Å². The van der Waals surface area contributed by atoms with Crippen molar-refractivity contribution in [2.75, 3.05) is 36.4 Å². The topological polar surface area (TPSA) is 125 Å². The Morgan fingerprint density at radius 2 is 1.85 bits per heavy atom. The number of aryl methyl sites for hydroxylation is 2. The number of anilines is 2. The molecule has 0 spiro atoms. The fourth-order valence-corrected chi connectivity index (χ4v) is 3.98. The number of nitrogens with zero attached hydrogens (tertiary/aromatic N) is 7. The number of nitrogens with one attached hydrogen (secondary N) is 2. The fraction of sp³-hybridized carbons (Fsp3) is 0.273. The molecule has 5 rings (SSSR count). The SMILES string of the molecule is Cc1nc(-c2ccc(NC(=O)N3CCN(c4ncnc5c4cnn5C)CC3)cc2)cc(=O)[nH]1. The van der Waals surface area contributed by atoms with E-state index in [-0.39, 0.29) is 11.6 Å². The van der Waals surface area contributed by atoms with Crippen LogP contribution < -0.4 is 15.8 Å². The predicted octanol–water partition coefficient (Wildman–Crippen LogP) is 1.78. The van der Waals surface area contributed by atoms with Gasteiger partial charge >= 0.3 is 6.03 Å². The van der Waals surface area contributed by atoms with Gasteiger partial charge in [0.1, 0.15) is 18.0 Å². The number of H-pyrrole nitrogens is 1. The lowest BCUT2D eigenvalue weighted by Gasteiger charge is -2.35. The molecule has 0 atom stereocenters. The molecule has 1 aromatic carbocycles. The summed E-state index contributed by atoms with van der Waals surface area (Å²) in [5, 5.41) is 8.11. The normalized spacial score (nSPS) is 14.0. The quantitative estimate of drug-likeness (QED) is 0.492. The molecule has 11 heteroatoms. The number of aromatic amines is 1. The molecule has 1 saturated heterocycles. The van der Waals surface area contributed by atoms with E-state index in [1.807, 2.05) is 31.3 Å². The summed E-state index contributed by atoms with van der Waals surface area (Å²) in [6.45, 7) is 4.22. The zero-order valence-corrected chi connectivity index (χ0v) is 18.3. The van der Waals surface area contributed by atoms with Crippen LogP contribution in [0.25, 0.3) is 22.3 Å². The van der Waals surface area contributed by atoms with Gasteiger partial charge in [-0.1, -0.05) is 12.1 Å². The highest BCUT2D eigenvalue weighted by molar-refractivity contribution is 5.90. The second kappa shape index (κ2) is 8.34.